The molecule has 3 N–H and O–H groups in total. The van der Waals surface area contributed by atoms with Crippen LogP contribution in [-0.2, 0) is 9.53 Å². The van der Waals surface area contributed by atoms with Crippen LogP contribution in [0.2, 0.25) is 5.02 Å². The van der Waals surface area contributed by atoms with Gasteiger partial charge in [-0.1, -0.05) is 23.7 Å². The highest BCUT2D eigenvalue weighted by atomic mass is 35.5. The standard InChI is InChI=1S/C15H20ClN3O3.ClH/c1-10-13(17-8-9-22-10)15(21)19-7-6-18-14(20)11-4-2-3-5-12(11)16;/h2-5,10,13,17H,6-9H2,1H3,(H,18,20)(H,19,21);1H/t10-,13+;/m1./s1. The Morgan fingerprint density at radius 3 is 2.70 bits per heavy atom. The SMILES string of the molecule is C[C@H]1OCCN[C@@H]1C(=O)NCCNC(=O)c1ccccc1Cl.Cl. The van der Waals surface area contributed by atoms with Gasteiger partial charge < -0.3 is 20.7 Å². The van der Waals surface area contributed by atoms with E-state index in [0.717, 1.165) is 0 Å². The predicted molar refractivity (Wildman–Crippen MR) is 91.2 cm³/mol. The van der Waals surface area contributed by atoms with E-state index in [4.69, 9.17) is 16.3 Å². The molecule has 1 aromatic carbocycles. The van der Waals surface area contributed by atoms with E-state index in [1.165, 1.54) is 0 Å². The normalized spacial score (nSPS) is 20.3. The second-order valence-corrected chi connectivity index (χ2v) is 5.44. The Kier molecular flexibility index (Phi) is 8.33. The number of carbonyl (C=O) groups excluding carboxylic acids is 2. The van der Waals surface area contributed by atoms with Gasteiger partial charge in [0.15, 0.2) is 0 Å². The van der Waals surface area contributed by atoms with E-state index in [1.54, 1.807) is 24.3 Å². The zero-order chi connectivity index (χ0) is 15.9. The van der Waals surface area contributed by atoms with Crippen LogP contribution in [-0.4, -0.2) is 50.2 Å². The Bertz CT molecular complexity index is 542. The summed E-state index contributed by atoms with van der Waals surface area (Å²) in [5.74, 6) is -0.383. The van der Waals surface area contributed by atoms with E-state index in [0.29, 0.717) is 36.8 Å². The van der Waals surface area contributed by atoms with Crippen molar-refractivity contribution in [1.82, 2.24) is 16.0 Å². The first kappa shape index (κ1) is 19.7. The fourth-order valence-electron chi connectivity index (χ4n) is 2.24. The minimum atomic E-state index is -0.354. The molecule has 2 rings (SSSR count). The summed E-state index contributed by atoms with van der Waals surface area (Å²) in [7, 11) is 0. The number of carbonyl (C=O) groups is 2. The Morgan fingerprint density at radius 1 is 1.30 bits per heavy atom. The van der Waals surface area contributed by atoms with Gasteiger partial charge in [-0.2, -0.15) is 0 Å². The molecule has 1 aliphatic rings. The van der Waals surface area contributed by atoms with E-state index in [9.17, 15) is 9.59 Å². The average Bonchev–Trinajstić information content (AvgIpc) is 2.52. The molecule has 1 fully saturated rings. The molecule has 0 radical (unpaired) electrons. The highest BCUT2D eigenvalue weighted by molar-refractivity contribution is 6.33. The van der Waals surface area contributed by atoms with Crippen molar-refractivity contribution in [2.75, 3.05) is 26.2 Å². The van der Waals surface area contributed by atoms with E-state index >= 15 is 0 Å². The fourth-order valence-corrected chi connectivity index (χ4v) is 2.46. The van der Waals surface area contributed by atoms with Crippen molar-refractivity contribution in [3.8, 4) is 0 Å². The van der Waals surface area contributed by atoms with Crippen LogP contribution in [0.25, 0.3) is 0 Å². The largest absolute Gasteiger partial charge is 0.375 e. The zero-order valence-electron chi connectivity index (χ0n) is 12.8. The highest BCUT2D eigenvalue weighted by Crippen LogP contribution is 2.14. The quantitative estimate of drug-likeness (QED) is 0.683. The third kappa shape index (κ3) is 5.66. The molecule has 2 atom stereocenters. The van der Waals surface area contributed by atoms with Crippen molar-refractivity contribution in [3.05, 3.63) is 34.9 Å². The van der Waals surface area contributed by atoms with Gasteiger partial charge in [-0.25, -0.2) is 0 Å². The molecular formula is C15H21Cl2N3O3. The van der Waals surface area contributed by atoms with Crippen molar-refractivity contribution in [2.45, 2.75) is 19.1 Å². The number of halogens is 2. The van der Waals surface area contributed by atoms with E-state index in [-0.39, 0.29) is 36.4 Å². The van der Waals surface area contributed by atoms with Gasteiger partial charge in [0.2, 0.25) is 5.91 Å². The molecule has 0 aliphatic carbocycles. The molecule has 0 spiro atoms. The Balaban J connectivity index is 0.00000264. The summed E-state index contributed by atoms with van der Waals surface area (Å²) in [6.45, 7) is 3.80. The maximum atomic E-state index is 12.0. The van der Waals surface area contributed by atoms with Gasteiger partial charge in [0.1, 0.15) is 6.04 Å². The zero-order valence-corrected chi connectivity index (χ0v) is 14.4. The van der Waals surface area contributed by atoms with Gasteiger partial charge in [0.25, 0.3) is 5.91 Å². The lowest BCUT2D eigenvalue weighted by Gasteiger charge is -2.29. The van der Waals surface area contributed by atoms with Crippen molar-refractivity contribution in [1.29, 1.82) is 0 Å². The molecule has 1 aliphatic heterocycles. The Morgan fingerprint density at radius 2 is 2.00 bits per heavy atom. The third-order valence-electron chi connectivity index (χ3n) is 3.43. The summed E-state index contributed by atoms with van der Waals surface area (Å²) in [5.41, 5.74) is 0.423. The fraction of sp³-hybridized carbons (Fsp3) is 0.467. The summed E-state index contributed by atoms with van der Waals surface area (Å²) < 4.78 is 5.42. The number of morpholine rings is 1. The smallest absolute Gasteiger partial charge is 0.252 e. The van der Waals surface area contributed by atoms with Crippen LogP contribution in [0.5, 0.6) is 0 Å². The maximum Gasteiger partial charge on any atom is 0.252 e. The lowest BCUT2D eigenvalue weighted by molar-refractivity contribution is -0.128. The van der Waals surface area contributed by atoms with Crippen molar-refractivity contribution < 1.29 is 14.3 Å². The lowest BCUT2D eigenvalue weighted by Crippen LogP contribution is -2.56. The second kappa shape index (κ2) is 9.72. The predicted octanol–water partition coefficient (Wildman–Crippen LogP) is 0.985. The van der Waals surface area contributed by atoms with E-state index < -0.39 is 0 Å². The summed E-state index contributed by atoms with van der Waals surface area (Å²) in [4.78, 5) is 23.9. The molecule has 1 heterocycles. The summed E-state index contributed by atoms with van der Waals surface area (Å²) >= 11 is 5.95. The third-order valence-corrected chi connectivity index (χ3v) is 3.76. The monoisotopic (exact) mass is 361 g/mol. The molecular weight excluding hydrogens is 341 g/mol. The first-order valence-corrected chi connectivity index (χ1v) is 7.63. The number of benzene rings is 1. The summed E-state index contributed by atoms with van der Waals surface area (Å²) in [6, 6.07) is 6.47. The van der Waals surface area contributed by atoms with Crippen LogP contribution in [0.1, 0.15) is 17.3 Å². The molecule has 0 aromatic heterocycles. The number of amides is 2. The van der Waals surface area contributed by atoms with Crippen LogP contribution >= 0.6 is 24.0 Å². The summed E-state index contributed by atoms with van der Waals surface area (Å²) in [6.07, 6.45) is -0.161. The number of rotatable bonds is 5. The number of nitrogens with one attached hydrogen (secondary N) is 3. The van der Waals surface area contributed by atoms with Crippen LogP contribution < -0.4 is 16.0 Å². The van der Waals surface area contributed by atoms with Crippen molar-refractivity contribution in [2.24, 2.45) is 0 Å². The molecule has 0 saturated carbocycles. The molecule has 23 heavy (non-hydrogen) atoms. The first-order valence-electron chi connectivity index (χ1n) is 7.25. The molecule has 6 nitrogen and oxygen atoms in total. The molecule has 0 bridgehead atoms. The van der Waals surface area contributed by atoms with Crippen LogP contribution in [0.15, 0.2) is 24.3 Å². The number of ether oxygens (including phenoxy) is 1. The van der Waals surface area contributed by atoms with Crippen LogP contribution in [0.4, 0.5) is 0 Å². The van der Waals surface area contributed by atoms with Gasteiger partial charge >= 0.3 is 0 Å². The van der Waals surface area contributed by atoms with Crippen molar-refractivity contribution in [3.63, 3.8) is 0 Å². The Labute approximate surface area is 146 Å². The molecule has 128 valence electrons. The van der Waals surface area contributed by atoms with Crippen LogP contribution in [0.3, 0.4) is 0 Å². The summed E-state index contributed by atoms with van der Waals surface area (Å²) in [5, 5.41) is 9.01. The molecule has 2 amide bonds. The minimum absolute atomic E-state index is 0. The molecule has 1 aromatic rings. The van der Waals surface area contributed by atoms with Gasteiger partial charge in [-0.15, -0.1) is 12.4 Å². The maximum absolute atomic E-state index is 12.0. The minimum Gasteiger partial charge on any atom is -0.375 e. The second-order valence-electron chi connectivity index (χ2n) is 5.03. The van der Waals surface area contributed by atoms with Gasteiger partial charge in [0.05, 0.1) is 23.3 Å². The van der Waals surface area contributed by atoms with E-state index in [1.807, 2.05) is 6.92 Å². The van der Waals surface area contributed by atoms with Gasteiger partial charge in [-0.3, -0.25) is 9.59 Å². The van der Waals surface area contributed by atoms with Crippen molar-refractivity contribution >= 4 is 35.8 Å². The van der Waals surface area contributed by atoms with Crippen LogP contribution in [0, 0.1) is 0 Å². The van der Waals surface area contributed by atoms with E-state index in [2.05, 4.69) is 16.0 Å². The first-order chi connectivity index (χ1) is 10.6. The topological polar surface area (TPSA) is 79.5 Å². The molecule has 0 unspecified atom stereocenters. The number of hydrogen-bond donors (Lipinski definition) is 3. The van der Waals surface area contributed by atoms with Gasteiger partial charge in [-0.05, 0) is 19.1 Å². The molecule has 8 heteroatoms. The lowest BCUT2D eigenvalue weighted by atomic mass is 10.1. The Hall–Kier alpha value is -1.34. The number of hydrogen-bond acceptors (Lipinski definition) is 4. The molecule has 1 saturated heterocycles. The average molecular weight is 362 g/mol. The highest BCUT2D eigenvalue weighted by Gasteiger charge is 2.27. The van der Waals surface area contributed by atoms with Gasteiger partial charge in [0, 0.05) is 19.6 Å².